The van der Waals surface area contributed by atoms with Crippen LogP contribution in [0.25, 0.3) is 27.6 Å². The van der Waals surface area contributed by atoms with Crippen molar-refractivity contribution >= 4 is 26.5 Å². The standard InChI is InChI=1S/C23H22N2O3S/c1-2-18-15-17-7-6-10-21(16-11-13-20(14-12-16)29(24,27)28)22(17)23(26)25(18)19-8-4-3-5-9-19/h4,6-15H,2-3,5H2,1H3,(H2,24,27,28). The van der Waals surface area contributed by atoms with Crippen molar-refractivity contribution in [3.8, 4) is 11.1 Å². The first-order valence-electron chi connectivity index (χ1n) is 9.58. The summed E-state index contributed by atoms with van der Waals surface area (Å²) in [5, 5.41) is 6.69. The molecule has 1 aromatic heterocycles. The molecule has 0 bridgehead atoms. The van der Waals surface area contributed by atoms with Crippen LogP contribution in [0.3, 0.4) is 0 Å². The van der Waals surface area contributed by atoms with Crippen LogP contribution >= 0.6 is 0 Å². The third-order valence-corrected chi connectivity index (χ3v) is 6.14. The van der Waals surface area contributed by atoms with Crippen molar-refractivity contribution in [2.45, 2.75) is 31.1 Å². The molecule has 0 amide bonds. The fourth-order valence-electron chi connectivity index (χ4n) is 3.79. The molecule has 0 aliphatic heterocycles. The maximum Gasteiger partial charge on any atom is 0.263 e. The number of allylic oxidation sites excluding steroid dienone is 4. The maximum absolute atomic E-state index is 13.6. The van der Waals surface area contributed by atoms with Crippen LogP contribution in [0.4, 0.5) is 0 Å². The minimum absolute atomic E-state index is 0.0460. The van der Waals surface area contributed by atoms with Gasteiger partial charge in [0.05, 0.1) is 10.3 Å². The van der Waals surface area contributed by atoms with Crippen molar-refractivity contribution in [2.75, 3.05) is 0 Å². The fourth-order valence-corrected chi connectivity index (χ4v) is 4.30. The zero-order chi connectivity index (χ0) is 20.6. The second kappa shape index (κ2) is 7.46. The zero-order valence-corrected chi connectivity index (χ0v) is 16.9. The second-order valence-corrected chi connectivity index (χ2v) is 8.64. The van der Waals surface area contributed by atoms with Gasteiger partial charge in [-0.3, -0.25) is 9.36 Å². The first-order chi connectivity index (χ1) is 13.9. The first-order valence-corrected chi connectivity index (χ1v) is 11.1. The van der Waals surface area contributed by atoms with Crippen LogP contribution in [0.2, 0.25) is 0 Å². The number of aromatic nitrogens is 1. The minimum atomic E-state index is -3.76. The lowest BCUT2D eigenvalue weighted by Gasteiger charge is -2.17. The lowest BCUT2D eigenvalue weighted by molar-refractivity contribution is 0.598. The summed E-state index contributed by atoms with van der Waals surface area (Å²) < 4.78 is 24.9. The van der Waals surface area contributed by atoms with E-state index in [4.69, 9.17) is 5.14 Å². The average molecular weight is 407 g/mol. The van der Waals surface area contributed by atoms with Crippen molar-refractivity contribution in [1.82, 2.24) is 4.57 Å². The van der Waals surface area contributed by atoms with Gasteiger partial charge in [0.15, 0.2) is 0 Å². The highest BCUT2D eigenvalue weighted by Crippen LogP contribution is 2.29. The number of benzene rings is 2. The molecule has 0 radical (unpaired) electrons. The Labute approximate surface area is 169 Å². The molecule has 6 heteroatoms. The number of aryl methyl sites for hydroxylation is 1. The van der Waals surface area contributed by atoms with Crippen molar-refractivity contribution in [1.29, 1.82) is 0 Å². The Hall–Kier alpha value is -2.96. The van der Waals surface area contributed by atoms with Gasteiger partial charge in [0.2, 0.25) is 10.0 Å². The summed E-state index contributed by atoms with van der Waals surface area (Å²) in [6, 6.07) is 14.1. The van der Waals surface area contributed by atoms with Crippen LogP contribution in [0.5, 0.6) is 0 Å². The van der Waals surface area contributed by atoms with Gasteiger partial charge in [-0.2, -0.15) is 0 Å². The molecule has 2 aromatic carbocycles. The van der Waals surface area contributed by atoms with Crippen molar-refractivity contribution in [3.05, 3.63) is 82.8 Å². The number of nitrogens with two attached hydrogens (primary N) is 1. The van der Waals surface area contributed by atoms with E-state index in [1.54, 1.807) is 16.7 Å². The molecular formula is C23H22N2O3S. The van der Waals surface area contributed by atoms with E-state index in [1.807, 2.05) is 31.2 Å². The van der Waals surface area contributed by atoms with Gasteiger partial charge in [-0.1, -0.05) is 49.4 Å². The summed E-state index contributed by atoms with van der Waals surface area (Å²) in [6.45, 7) is 2.04. The average Bonchev–Trinajstić information content (AvgIpc) is 2.73. The van der Waals surface area contributed by atoms with Gasteiger partial charge in [-0.25, -0.2) is 13.6 Å². The first kappa shape index (κ1) is 19.4. The fraction of sp³-hybridized carbons (Fsp3) is 0.174. The Morgan fingerprint density at radius 1 is 1.07 bits per heavy atom. The quantitative estimate of drug-likeness (QED) is 0.709. The number of hydrogen-bond acceptors (Lipinski definition) is 3. The van der Waals surface area contributed by atoms with Crippen LogP contribution in [0.1, 0.15) is 25.5 Å². The molecule has 5 nitrogen and oxygen atoms in total. The van der Waals surface area contributed by atoms with E-state index in [2.05, 4.69) is 18.2 Å². The number of sulfonamides is 1. The lowest BCUT2D eigenvalue weighted by atomic mass is 9.98. The molecule has 0 unspecified atom stereocenters. The zero-order valence-electron chi connectivity index (χ0n) is 16.1. The van der Waals surface area contributed by atoms with Crippen molar-refractivity contribution in [3.63, 3.8) is 0 Å². The third kappa shape index (κ3) is 3.57. The highest BCUT2D eigenvalue weighted by atomic mass is 32.2. The van der Waals surface area contributed by atoms with Crippen LogP contribution in [-0.2, 0) is 16.4 Å². The second-order valence-electron chi connectivity index (χ2n) is 7.08. The number of rotatable bonds is 4. The van der Waals surface area contributed by atoms with E-state index in [0.29, 0.717) is 5.39 Å². The van der Waals surface area contributed by atoms with E-state index in [0.717, 1.165) is 47.2 Å². The predicted molar refractivity (Wildman–Crippen MR) is 117 cm³/mol. The molecule has 29 heavy (non-hydrogen) atoms. The molecule has 1 aliphatic carbocycles. The van der Waals surface area contributed by atoms with E-state index in [1.165, 1.54) is 12.1 Å². The molecule has 1 aliphatic rings. The highest BCUT2D eigenvalue weighted by molar-refractivity contribution is 7.89. The summed E-state index contributed by atoms with van der Waals surface area (Å²) >= 11 is 0. The molecule has 0 atom stereocenters. The van der Waals surface area contributed by atoms with Gasteiger partial charge in [0.25, 0.3) is 5.56 Å². The molecule has 0 fully saturated rings. The number of primary sulfonamides is 1. The predicted octanol–water partition coefficient (Wildman–Crippen LogP) is 4.07. The summed E-state index contributed by atoms with van der Waals surface area (Å²) in [6.07, 6.45) is 8.81. The topological polar surface area (TPSA) is 82.2 Å². The molecule has 2 N–H and O–H groups in total. The summed E-state index contributed by atoms with van der Waals surface area (Å²) in [5.41, 5.74) is 3.33. The van der Waals surface area contributed by atoms with Crippen LogP contribution < -0.4 is 10.7 Å². The van der Waals surface area contributed by atoms with Crippen molar-refractivity contribution in [2.24, 2.45) is 5.14 Å². The molecule has 4 rings (SSSR count). The Kier molecular flexibility index (Phi) is 4.98. The Bertz CT molecular complexity index is 1310. The molecule has 3 aromatic rings. The minimum Gasteiger partial charge on any atom is -0.281 e. The van der Waals surface area contributed by atoms with Crippen LogP contribution in [0.15, 0.2) is 76.4 Å². The summed E-state index contributed by atoms with van der Waals surface area (Å²) in [7, 11) is -3.76. The molecule has 0 spiro atoms. The normalized spacial score (nSPS) is 14.2. The molecule has 0 saturated carbocycles. The third-order valence-electron chi connectivity index (χ3n) is 5.21. The Balaban J connectivity index is 1.98. The molecule has 1 heterocycles. The van der Waals surface area contributed by atoms with Gasteiger partial charge in [-0.15, -0.1) is 0 Å². The van der Waals surface area contributed by atoms with E-state index in [9.17, 15) is 13.2 Å². The van der Waals surface area contributed by atoms with Crippen molar-refractivity contribution < 1.29 is 8.42 Å². The van der Waals surface area contributed by atoms with Gasteiger partial charge in [0, 0.05) is 11.4 Å². The van der Waals surface area contributed by atoms with Crippen LogP contribution in [-0.4, -0.2) is 13.0 Å². The number of pyridine rings is 1. The molecular weight excluding hydrogens is 384 g/mol. The highest BCUT2D eigenvalue weighted by Gasteiger charge is 2.16. The number of fused-ring (bicyclic) bond motifs is 1. The molecule has 0 saturated heterocycles. The van der Waals surface area contributed by atoms with E-state index in [-0.39, 0.29) is 10.5 Å². The Morgan fingerprint density at radius 2 is 1.83 bits per heavy atom. The summed E-state index contributed by atoms with van der Waals surface area (Å²) in [5.74, 6) is 0. The van der Waals surface area contributed by atoms with Gasteiger partial charge in [0.1, 0.15) is 0 Å². The van der Waals surface area contributed by atoms with Crippen LogP contribution in [0, 0.1) is 0 Å². The van der Waals surface area contributed by atoms with E-state index >= 15 is 0 Å². The van der Waals surface area contributed by atoms with Gasteiger partial charge in [-0.05, 0) is 60.1 Å². The van der Waals surface area contributed by atoms with Gasteiger partial charge >= 0.3 is 0 Å². The summed E-state index contributed by atoms with van der Waals surface area (Å²) in [4.78, 5) is 13.6. The number of hydrogen-bond donors (Lipinski definition) is 1. The maximum atomic E-state index is 13.6. The van der Waals surface area contributed by atoms with Gasteiger partial charge < -0.3 is 0 Å². The monoisotopic (exact) mass is 406 g/mol. The SMILES string of the molecule is CCc1cc2cccc(-c3ccc(S(N)(=O)=O)cc3)c2c(=O)n1C1=CCCC=C1. The lowest BCUT2D eigenvalue weighted by Crippen LogP contribution is -2.23. The smallest absolute Gasteiger partial charge is 0.263 e. The number of nitrogens with zero attached hydrogens (tertiary/aromatic N) is 1. The van der Waals surface area contributed by atoms with E-state index < -0.39 is 10.0 Å². The molecule has 148 valence electrons. The Morgan fingerprint density at radius 3 is 2.45 bits per heavy atom. The largest absolute Gasteiger partial charge is 0.281 e.